The number of nitrogens with one attached hydrogen (secondary N) is 2. The smallest absolute Gasteiger partial charge is 0.272 e. The number of carbonyl (C=O) groups is 1. The predicted octanol–water partition coefficient (Wildman–Crippen LogP) is 3.53. The van der Waals surface area contributed by atoms with Crippen molar-refractivity contribution in [1.82, 2.24) is 25.8 Å². The summed E-state index contributed by atoms with van der Waals surface area (Å²) in [5.41, 5.74) is 2.41. The lowest BCUT2D eigenvalue weighted by atomic mass is 9.73. The normalized spacial score (nSPS) is 20.2. The highest BCUT2D eigenvalue weighted by molar-refractivity contribution is 5.92. The van der Waals surface area contributed by atoms with Crippen molar-refractivity contribution in [2.45, 2.75) is 83.1 Å². The standard InChI is InChI=1S/C27H37N5O3/c1-5-8-20(31-24(34)21-9-6-12-30-32-21)23(33)17-28-22-15-27(10-7-11-27)35-25-19(22)13-18(16-29-25)14-26(2,3)4/h5-6,9,12-13,16,20,22-23,28,33H,1,7-8,10-11,14-15,17H2,2-4H3,(H,31,34)/t20-,22-,23+/m0/s1. The monoisotopic (exact) mass is 479 g/mol. The van der Waals surface area contributed by atoms with Crippen LogP contribution < -0.4 is 15.4 Å². The molecule has 0 bridgehead atoms. The molecule has 3 atom stereocenters. The third-order valence-electron chi connectivity index (χ3n) is 6.78. The zero-order valence-corrected chi connectivity index (χ0v) is 21.0. The van der Waals surface area contributed by atoms with E-state index in [4.69, 9.17) is 4.74 Å². The topological polar surface area (TPSA) is 109 Å². The average molecular weight is 480 g/mol. The minimum Gasteiger partial charge on any atom is -0.471 e. The first-order valence-electron chi connectivity index (χ1n) is 12.5. The summed E-state index contributed by atoms with van der Waals surface area (Å²) in [5.74, 6) is 0.323. The molecule has 8 nitrogen and oxygen atoms in total. The molecule has 0 saturated heterocycles. The average Bonchev–Trinajstić information content (AvgIpc) is 2.80. The Kier molecular flexibility index (Phi) is 7.52. The third-order valence-corrected chi connectivity index (χ3v) is 6.78. The van der Waals surface area contributed by atoms with Crippen LogP contribution in [0.2, 0.25) is 0 Å². The van der Waals surface area contributed by atoms with Crippen LogP contribution in [0.1, 0.15) is 80.5 Å². The molecule has 4 rings (SSSR count). The molecule has 2 aromatic rings. The van der Waals surface area contributed by atoms with Gasteiger partial charge < -0.3 is 20.5 Å². The second-order valence-corrected chi connectivity index (χ2v) is 11.1. The van der Waals surface area contributed by atoms with Gasteiger partial charge in [-0.3, -0.25) is 4.79 Å². The first-order chi connectivity index (χ1) is 16.7. The Bertz CT molecular complexity index is 1030. The highest BCUT2D eigenvalue weighted by Gasteiger charge is 2.46. The van der Waals surface area contributed by atoms with Crippen molar-refractivity contribution >= 4 is 5.91 Å². The molecule has 8 heteroatoms. The molecule has 1 aliphatic heterocycles. The van der Waals surface area contributed by atoms with Gasteiger partial charge in [0.1, 0.15) is 5.60 Å². The van der Waals surface area contributed by atoms with E-state index >= 15 is 0 Å². The number of nitrogens with zero attached hydrogens (tertiary/aromatic N) is 3. The minimum atomic E-state index is -0.817. The van der Waals surface area contributed by atoms with Crippen LogP contribution in [0.15, 0.2) is 43.2 Å². The van der Waals surface area contributed by atoms with E-state index in [0.29, 0.717) is 18.8 Å². The molecular formula is C27H37N5O3. The number of hydrogen-bond acceptors (Lipinski definition) is 7. The highest BCUT2D eigenvalue weighted by Crippen LogP contribution is 2.48. The van der Waals surface area contributed by atoms with Gasteiger partial charge in [-0.1, -0.05) is 26.8 Å². The molecule has 0 radical (unpaired) electrons. The van der Waals surface area contributed by atoms with Crippen molar-refractivity contribution in [3.8, 4) is 5.88 Å². The van der Waals surface area contributed by atoms with Crippen LogP contribution in [0, 0.1) is 5.41 Å². The maximum atomic E-state index is 12.6. The van der Waals surface area contributed by atoms with Crippen LogP contribution in [0.25, 0.3) is 0 Å². The van der Waals surface area contributed by atoms with Crippen LogP contribution in [-0.2, 0) is 6.42 Å². The van der Waals surface area contributed by atoms with Crippen LogP contribution in [0.4, 0.5) is 0 Å². The number of hydrogen-bond donors (Lipinski definition) is 3. The summed E-state index contributed by atoms with van der Waals surface area (Å²) >= 11 is 0. The quantitative estimate of drug-likeness (QED) is 0.472. The molecule has 188 valence electrons. The molecule has 1 fully saturated rings. The van der Waals surface area contributed by atoms with E-state index in [-0.39, 0.29) is 28.7 Å². The Morgan fingerprint density at radius 1 is 1.40 bits per heavy atom. The highest BCUT2D eigenvalue weighted by atomic mass is 16.5. The van der Waals surface area contributed by atoms with Gasteiger partial charge in [0.25, 0.3) is 5.91 Å². The van der Waals surface area contributed by atoms with Crippen molar-refractivity contribution in [1.29, 1.82) is 0 Å². The van der Waals surface area contributed by atoms with Gasteiger partial charge in [0, 0.05) is 37.0 Å². The fraction of sp³-hybridized carbons (Fsp3) is 0.556. The van der Waals surface area contributed by atoms with Crippen LogP contribution in [-0.4, -0.2) is 50.5 Å². The number of amides is 1. The van der Waals surface area contributed by atoms with Gasteiger partial charge in [0.2, 0.25) is 5.88 Å². The molecule has 35 heavy (non-hydrogen) atoms. The van der Waals surface area contributed by atoms with Gasteiger partial charge >= 0.3 is 0 Å². The van der Waals surface area contributed by atoms with Crippen LogP contribution in [0.3, 0.4) is 0 Å². The zero-order valence-electron chi connectivity index (χ0n) is 21.0. The lowest BCUT2D eigenvalue weighted by Gasteiger charge is -2.47. The second kappa shape index (κ2) is 10.4. The van der Waals surface area contributed by atoms with Gasteiger partial charge in [0.05, 0.1) is 12.1 Å². The predicted molar refractivity (Wildman–Crippen MR) is 134 cm³/mol. The van der Waals surface area contributed by atoms with E-state index in [1.807, 2.05) is 6.20 Å². The Balaban J connectivity index is 1.47. The molecule has 0 unspecified atom stereocenters. The molecule has 3 heterocycles. The summed E-state index contributed by atoms with van der Waals surface area (Å²) in [7, 11) is 0. The van der Waals surface area contributed by atoms with E-state index in [9.17, 15) is 9.90 Å². The van der Waals surface area contributed by atoms with E-state index in [1.165, 1.54) is 11.8 Å². The summed E-state index contributed by atoms with van der Waals surface area (Å²) in [6.45, 7) is 10.7. The number of carbonyl (C=O) groups excluding carboxylic acids is 1. The van der Waals surface area contributed by atoms with E-state index in [0.717, 1.165) is 37.7 Å². The Hall–Kier alpha value is -2.84. The Morgan fingerprint density at radius 3 is 2.83 bits per heavy atom. The van der Waals surface area contributed by atoms with Gasteiger partial charge in [-0.05, 0) is 61.3 Å². The molecule has 2 aliphatic rings. The summed E-state index contributed by atoms with van der Waals surface area (Å²) in [6, 6.07) is 4.96. The van der Waals surface area contributed by atoms with Crippen molar-refractivity contribution in [2.24, 2.45) is 5.41 Å². The maximum Gasteiger partial charge on any atom is 0.272 e. The van der Waals surface area contributed by atoms with Crippen molar-refractivity contribution in [2.75, 3.05) is 6.54 Å². The first kappa shape index (κ1) is 25.3. The fourth-order valence-electron chi connectivity index (χ4n) is 4.91. The minimum absolute atomic E-state index is 0.0150. The first-order valence-corrected chi connectivity index (χ1v) is 12.5. The lowest BCUT2D eigenvalue weighted by Crippen LogP contribution is -2.52. The second-order valence-electron chi connectivity index (χ2n) is 11.1. The van der Waals surface area contributed by atoms with Gasteiger partial charge in [0.15, 0.2) is 5.69 Å². The number of aliphatic hydroxyl groups excluding tert-OH is 1. The number of ether oxygens (including phenoxy) is 1. The molecule has 3 N–H and O–H groups in total. The molecule has 1 saturated carbocycles. The lowest BCUT2D eigenvalue weighted by molar-refractivity contribution is -0.0420. The molecule has 1 amide bonds. The van der Waals surface area contributed by atoms with Crippen molar-refractivity contribution in [3.63, 3.8) is 0 Å². The van der Waals surface area contributed by atoms with E-state index in [1.54, 1.807) is 18.2 Å². The largest absolute Gasteiger partial charge is 0.471 e. The zero-order chi connectivity index (χ0) is 25.1. The molecule has 0 aromatic carbocycles. The van der Waals surface area contributed by atoms with E-state index in [2.05, 4.69) is 59.2 Å². The molecule has 2 aromatic heterocycles. The van der Waals surface area contributed by atoms with Crippen molar-refractivity contribution < 1.29 is 14.6 Å². The fourth-order valence-corrected chi connectivity index (χ4v) is 4.91. The summed E-state index contributed by atoms with van der Waals surface area (Å²) in [5, 5.41) is 25.1. The van der Waals surface area contributed by atoms with Crippen LogP contribution >= 0.6 is 0 Å². The molecule has 1 aliphatic carbocycles. The number of aliphatic hydroxyl groups is 1. The summed E-state index contributed by atoms with van der Waals surface area (Å²) in [4.78, 5) is 17.3. The maximum absolute atomic E-state index is 12.6. The van der Waals surface area contributed by atoms with Gasteiger partial charge in [-0.15, -0.1) is 11.7 Å². The van der Waals surface area contributed by atoms with E-state index < -0.39 is 12.1 Å². The molecule has 1 spiro atoms. The third kappa shape index (κ3) is 6.24. The molecular weight excluding hydrogens is 442 g/mol. The van der Waals surface area contributed by atoms with Crippen molar-refractivity contribution in [3.05, 3.63) is 60.1 Å². The van der Waals surface area contributed by atoms with Gasteiger partial charge in [-0.25, -0.2) is 4.98 Å². The van der Waals surface area contributed by atoms with Crippen LogP contribution in [0.5, 0.6) is 5.88 Å². The number of aromatic nitrogens is 3. The Morgan fingerprint density at radius 2 is 2.20 bits per heavy atom. The van der Waals surface area contributed by atoms with Gasteiger partial charge in [-0.2, -0.15) is 5.10 Å². The summed E-state index contributed by atoms with van der Waals surface area (Å²) < 4.78 is 6.37. The SMILES string of the molecule is C=CC[C@H](NC(=O)c1cccnn1)[C@H](O)CN[C@H]1CC2(CCC2)Oc2ncc(CC(C)(C)C)cc21. The Labute approximate surface area is 207 Å². The number of pyridine rings is 1. The number of rotatable bonds is 9. The number of fused-ring (bicyclic) bond motifs is 1. The summed E-state index contributed by atoms with van der Waals surface area (Å²) in [6.07, 6.45) is 9.70.